The highest BCUT2D eigenvalue weighted by molar-refractivity contribution is 6.06. The maximum atomic E-state index is 12.9. The molecular formula is C22H25N3O5. The van der Waals surface area contributed by atoms with Crippen LogP contribution in [0.3, 0.4) is 0 Å². The van der Waals surface area contributed by atoms with Crippen molar-refractivity contribution in [2.45, 2.75) is 26.9 Å². The molecule has 0 atom stereocenters. The fourth-order valence-electron chi connectivity index (χ4n) is 3.27. The van der Waals surface area contributed by atoms with Crippen LogP contribution in [-0.4, -0.2) is 39.4 Å². The summed E-state index contributed by atoms with van der Waals surface area (Å²) in [4.78, 5) is 25.7. The van der Waals surface area contributed by atoms with Gasteiger partial charge in [-0.25, -0.2) is 9.59 Å². The van der Waals surface area contributed by atoms with Crippen LogP contribution < -0.4 is 5.73 Å². The molecule has 0 aliphatic carbocycles. The molecule has 0 bridgehead atoms. The number of benzene rings is 1. The summed E-state index contributed by atoms with van der Waals surface area (Å²) in [5.74, 6) is -1.69. The molecule has 0 radical (unpaired) electrons. The SMILES string of the molecule is CCOC(=O)c1c(-n2ccc(CN)c2)c(O)n(Cc2ccccc2)c1C(=O)OCC. The lowest BCUT2D eigenvalue weighted by Crippen LogP contribution is -2.18. The third kappa shape index (κ3) is 4.08. The Balaban J connectivity index is 2.27. The summed E-state index contributed by atoms with van der Waals surface area (Å²) >= 11 is 0. The van der Waals surface area contributed by atoms with E-state index in [1.54, 1.807) is 36.9 Å². The van der Waals surface area contributed by atoms with Gasteiger partial charge in [0.25, 0.3) is 0 Å². The van der Waals surface area contributed by atoms with E-state index in [1.165, 1.54) is 4.57 Å². The molecule has 30 heavy (non-hydrogen) atoms. The summed E-state index contributed by atoms with van der Waals surface area (Å²) in [6.45, 7) is 4.03. The molecule has 3 N–H and O–H groups in total. The van der Waals surface area contributed by atoms with E-state index >= 15 is 0 Å². The number of nitrogens with zero attached hydrogens (tertiary/aromatic N) is 2. The van der Waals surface area contributed by atoms with Gasteiger partial charge in [-0.2, -0.15) is 0 Å². The van der Waals surface area contributed by atoms with E-state index in [0.29, 0.717) is 0 Å². The van der Waals surface area contributed by atoms with Gasteiger partial charge in [-0.1, -0.05) is 30.3 Å². The van der Waals surface area contributed by atoms with Crippen molar-refractivity contribution < 1.29 is 24.2 Å². The van der Waals surface area contributed by atoms with E-state index in [-0.39, 0.29) is 49.1 Å². The smallest absolute Gasteiger partial charge is 0.356 e. The number of nitrogens with two attached hydrogens (primary N) is 1. The number of carbonyl (C=O) groups excluding carboxylic acids is 2. The van der Waals surface area contributed by atoms with Crippen LogP contribution in [-0.2, 0) is 22.6 Å². The van der Waals surface area contributed by atoms with E-state index in [0.717, 1.165) is 11.1 Å². The maximum Gasteiger partial charge on any atom is 0.356 e. The minimum atomic E-state index is -0.722. The van der Waals surface area contributed by atoms with Crippen molar-refractivity contribution in [2.24, 2.45) is 5.73 Å². The van der Waals surface area contributed by atoms with Crippen molar-refractivity contribution in [2.75, 3.05) is 13.2 Å². The van der Waals surface area contributed by atoms with Crippen LogP contribution in [0.15, 0.2) is 48.8 Å². The van der Waals surface area contributed by atoms with Crippen molar-refractivity contribution in [3.63, 3.8) is 0 Å². The third-order valence-electron chi connectivity index (χ3n) is 4.59. The van der Waals surface area contributed by atoms with Gasteiger partial charge in [0.1, 0.15) is 16.9 Å². The Morgan fingerprint density at radius 1 is 1.00 bits per heavy atom. The van der Waals surface area contributed by atoms with Crippen LogP contribution in [0, 0.1) is 0 Å². The Labute approximate surface area is 174 Å². The van der Waals surface area contributed by atoms with Gasteiger partial charge in [-0.3, -0.25) is 4.57 Å². The lowest BCUT2D eigenvalue weighted by Gasteiger charge is -2.11. The van der Waals surface area contributed by atoms with E-state index in [4.69, 9.17) is 15.2 Å². The summed E-state index contributed by atoms with van der Waals surface area (Å²) in [5.41, 5.74) is 7.38. The number of aromatic nitrogens is 2. The lowest BCUT2D eigenvalue weighted by molar-refractivity contribution is 0.0470. The van der Waals surface area contributed by atoms with Crippen molar-refractivity contribution in [1.82, 2.24) is 9.13 Å². The third-order valence-corrected chi connectivity index (χ3v) is 4.59. The lowest BCUT2D eigenvalue weighted by atomic mass is 10.2. The van der Waals surface area contributed by atoms with Gasteiger partial charge in [0.05, 0.1) is 19.8 Å². The maximum absolute atomic E-state index is 12.9. The average Bonchev–Trinajstić information content (AvgIpc) is 3.32. The molecule has 1 aromatic carbocycles. The van der Waals surface area contributed by atoms with Crippen LogP contribution in [0.1, 0.15) is 45.8 Å². The normalized spacial score (nSPS) is 10.8. The molecule has 2 aromatic heterocycles. The first kappa shape index (κ1) is 21.2. The molecule has 0 saturated carbocycles. The molecule has 0 spiro atoms. The molecule has 0 aliphatic rings. The zero-order valence-corrected chi connectivity index (χ0v) is 17.0. The van der Waals surface area contributed by atoms with Crippen LogP contribution in [0.2, 0.25) is 0 Å². The average molecular weight is 411 g/mol. The summed E-state index contributed by atoms with van der Waals surface area (Å²) in [5, 5.41) is 11.1. The molecule has 0 aliphatic heterocycles. The molecule has 8 heteroatoms. The first-order valence-electron chi connectivity index (χ1n) is 9.72. The van der Waals surface area contributed by atoms with Crippen molar-refractivity contribution in [3.8, 4) is 11.6 Å². The minimum Gasteiger partial charge on any atom is -0.493 e. The number of rotatable bonds is 8. The van der Waals surface area contributed by atoms with Crippen molar-refractivity contribution >= 4 is 11.9 Å². The highest BCUT2D eigenvalue weighted by Crippen LogP contribution is 2.35. The second kappa shape index (κ2) is 9.32. The molecule has 158 valence electrons. The minimum absolute atomic E-state index is 0.0529. The molecule has 0 amide bonds. The molecule has 3 aromatic rings. The first-order valence-corrected chi connectivity index (χ1v) is 9.72. The Bertz CT molecular complexity index is 1040. The number of aromatic hydroxyl groups is 1. The van der Waals surface area contributed by atoms with Crippen LogP contribution in [0.4, 0.5) is 0 Å². The van der Waals surface area contributed by atoms with Gasteiger partial charge in [-0.15, -0.1) is 0 Å². The second-order valence-corrected chi connectivity index (χ2v) is 6.54. The molecule has 0 saturated heterocycles. The first-order chi connectivity index (χ1) is 14.5. The topological polar surface area (TPSA) is 109 Å². The van der Waals surface area contributed by atoms with Gasteiger partial charge < -0.3 is 24.9 Å². The molecule has 8 nitrogen and oxygen atoms in total. The summed E-state index contributed by atoms with van der Waals surface area (Å²) in [6, 6.07) is 11.1. The predicted octanol–water partition coefficient (Wildman–Crippen LogP) is 2.84. The van der Waals surface area contributed by atoms with Gasteiger partial charge >= 0.3 is 11.9 Å². The number of hydrogen-bond acceptors (Lipinski definition) is 6. The summed E-state index contributed by atoms with van der Waals surface area (Å²) in [7, 11) is 0. The summed E-state index contributed by atoms with van der Waals surface area (Å²) < 4.78 is 13.3. The molecule has 3 rings (SSSR count). The number of carbonyl (C=O) groups is 2. The van der Waals surface area contributed by atoms with Crippen LogP contribution in [0.5, 0.6) is 5.88 Å². The Hall–Kier alpha value is -3.52. The van der Waals surface area contributed by atoms with Crippen LogP contribution in [0.25, 0.3) is 5.69 Å². The van der Waals surface area contributed by atoms with Crippen LogP contribution >= 0.6 is 0 Å². The highest BCUT2D eigenvalue weighted by Gasteiger charge is 2.34. The Morgan fingerprint density at radius 3 is 2.27 bits per heavy atom. The van der Waals surface area contributed by atoms with Gasteiger partial charge in [0, 0.05) is 18.9 Å². The largest absolute Gasteiger partial charge is 0.493 e. The van der Waals surface area contributed by atoms with E-state index in [2.05, 4.69) is 0 Å². The van der Waals surface area contributed by atoms with E-state index in [1.807, 2.05) is 30.3 Å². The molecular weight excluding hydrogens is 386 g/mol. The zero-order chi connectivity index (χ0) is 21.7. The monoisotopic (exact) mass is 411 g/mol. The Kier molecular flexibility index (Phi) is 6.58. The number of ether oxygens (including phenoxy) is 2. The predicted molar refractivity (Wildman–Crippen MR) is 111 cm³/mol. The Morgan fingerprint density at radius 2 is 1.67 bits per heavy atom. The number of hydrogen-bond donors (Lipinski definition) is 2. The van der Waals surface area contributed by atoms with E-state index in [9.17, 15) is 14.7 Å². The molecule has 0 fully saturated rings. The van der Waals surface area contributed by atoms with Gasteiger partial charge in [0.15, 0.2) is 0 Å². The standard InChI is InChI=1S/C22H25N3O5/c1-3-29-21(27)17-18(24-11-10-16(12-23)13-24)20(26)25(19(17)22(28)30-4-2)14-15-8-6-5-7-9-15/h5-11,13,26H,3-4,12,14,23H2,1-2H3. The van der Waals surface area contributed by atoms with Gasteiger partial charge in [0.2, 0.25) is 5.88 Å². The second-order valence-electron chi connectivity index (χ2n) is 6.54. The van der Waals surface area contributed by atoms with E-state index < -0.39 is 11.9 Å². The number of esters is 2. The van der Waals surface area contributed by atoms with Crippen molar-refractivity contribution in [3.05, 3.63) is 71.2 Å². The highest BCUT2D eigenvalue weighted by atomic mass is 16.5. The molecule has 2 heterocycles. The van der Waals surface area contributed by atoms with Gasteiger partial charge in [-0.05, 0) is 31.0 Å². The van der Waals surface area contributed by atoms with Crippen molar-refractivity contribution in [1.29, 1.82) is 0 Å². The fourth-order valence-corrected chi connectivity index (χ4v) is 3.27. The molecule has 0 unspecified atom stereocenters. The summed E-state index contributed by atoms with van der Waals surface area (Å²) in [6.07, 6.45) is 3.36. The quantitative estimate of drug-likeness (QED) is 0.552. The fraction of sp³-hybridized carbons (Fsp3) is 0.273. The zero-order valence-electron chi connectivity index (χ0n) is 17.0.